The van der Waals surface area contributed by atoms with Crippen LogP contribution in [0.5, 0.6) is 0 Å². The van der Waals surface area contributed by atoms with Crippen molar-refractivity contribution in [2.45, 2.75) is 31.4 Å². The van der Waals surface area contributed by atoms with Crippen LogP contribution in [0, 0.1) is 0 Å². The maximum Gasteiger partial charge on any atom is 0.251 e. The highest BCUT2D eigenvalue weighted by molar-refractivity contribution is 9.10. The summed E-state index contributed by atoms with van der Waals surface area (Å²) in [5.74, 6) is -0.308. The minimum Gasteiger partial charge on any atom is -0.393 e. The smallest absolute Gasteiger partial charge is 0.251 e. The van der Waals surface area contributed by atoms with Gasteiger partial charge < -0.3 is 5.11 Å². The fraction of sp³-hybridized carbons (Fsp3) is 0.467. The molecule has 0 aliphatic carbocycles. The van der Waals surface area contributed by atoms with Gasteiger partial charge in [0.05, 0.1) is 24.3 Å². The van der Waals surface area contributed by atoms with Gasteiger partial charge in [0, 0.05) is 17.6 Å². The number of carbonyl (C=O) groups is 2. The van der Waals surface area contributed by atoms with E-state index in [2.05, 4.69) is 15.9 Å². The number of likely N-dealkylation sites (tertiary alicyclic amines) is 1. The maximum atomic E-state index is 12.6. The van der Waals surface area contributed by atoms with E-state index in [1.807, 2.05) is 17.0 Å². The monoisotopic (exact) mass is 352 g/mol. The Hall–Kier alpha value is -1.24. The molecule has 1 N–H and O–H groups in total. The van der Waals surface area contributed by atoms with Crippen molar-refractivity contribution >= 4 is 33.4 Å². The van der Waals surface area contributed by atoms with Crippen LogP contribution in [0.4, 0.5) is 5.69 Å². The van der Waals surface area contributed by atoms with E-state index >= 15 is 0 Å². The van der Waals surface area contributed by atoms with Gasteiger partial charge in [0.1, 0.15) is 0 Å². The van der Waals surface area contributed by atoms with Gasteiger partial charge in [-0.1, -0.05) is 15.9 Å². The van der Waals surface area contributed by atoms with E-state index in [9.17, 15) is 14.7 Å². The number of hydrogen-bond donors (Lipinski definition) is 1. The zero-order valence-electron chi connectivity index (χ0n) is 11.5. The van der Waals surface area contributed by atoms with Gasteiger partial charge in [-0.15, -0.1) is 0 Å². The van der Waals surface area contributed by atoms with Crippen LogP contribution in [0.1, 0.15) is 19.3 Å². The topological polar surface area (TPSA) is 60.9 Å². The highest BCUT2D eigenvalue weighted by Crippen LogP contribution is 2.28. The van der Waals surface area contributed by atoms with Crippen LogP contribution >= 0.6 is 15.9 Å². The summed E-state index contributed by atoms with van der Waals surface area (Å²) in [6, 6.07) is 6.79. The molecule has 2 aliphatic heterocycles. The number of halogens is 1. The SMILES string of the molecule is O=C1C[C@H](N2CCC(O)CC2)C(=O)N1c1ccc(Br)cc1. The molecule has 0 aromatic heterocycles. The molecule has 0 radical (unpaired) electrons. The van der Waals surface area contributed by atoms with Crippen molar-refractivity contribution in [3.8, 4) is 0 Å². The van der Waals surface area contributed by atoms with E-state index in [4.69, 9.17) is 0 Å². The molecule has 1 atom stereocenters. The first-order chi connectivity index (χ1) is 10.1. The number of anilines is 1. The quantitative estimate of drug-likeness (QED) is 0.820. The Kier molecular flexibility index (Phi) is 4.10. The summed E-state index contributed by atoms with van der Waals surface area (Å²) in [7, 11) is 0. The number of piperidine rings is 1. The van der Waals surface area contributed by atoms with Crippen molar-refractivity contribution in [1.82, 2.24) is 4.90 Å². The summed E-state index contributed by atoms with van der Waals surface area (Å²) in [4.78, 5) is 28.1. The number of nitrogens with zero attached hydrogens (tertiary/aromatic N) is 2. The second-order valence-electron chi connectivity index (χ2n) is 5.53. The summed E-state index contributed by atoms with van der Waals surface area (Å²) in [6.07, 6.45) is 1.27. The van der Waals surface area contributed by atoms with Crippen LogP contribution in [-0.2, 0) is 9.59 Å². The van der Waals surface area contributed by atoms with Crippen molar-refractivity contribution in [2.24, 2.45) is 0 Å². The molecule has 0 spiro atoms. The van der Waals surface area contributed by atoms with E-state index in [1.165, 1.54) is 4.90 Å². The predicted molar refractivity (Wildman–Crippen MR) is 81.9 cm³/mol. The third kappa shape index (κ3) is 2.88. The Morgan fingerprint density at radius 2 is 1.71 bits per heavy atom. The molecule has 2 aliphatic rings. The highest BCUT2D eigenvalue weighted by Gasteiger charge is 2.43. The van der Waals surface area contributed by atoms with E-state index < -0.39 is 0 Å². The largest absolute Gasteiger partial charge is 0.393 e. The summed E-state index contributed by atoms with van der Waals surface area (Å²) in [5, 5.41) is 9.55. The number of carbonyl (C=O) groups excluding carboxylic acids is 2. The molecular weight excluding hydrogens is 336 g/mol. The average Bonchev–Trinajstić information content (AvgIpc) is 2.76. The van der Waals surface area contributed by atoms with Crippen LogP contribution < -0.4 is 4.90 Å². The Morgan fingerprint density at radius 3 is 2.33 bits per heavy atom. The third-order valence-electron chi connectivity index (χ3n) is 4.15. The number of imide groups is 1. The number of rotatable bonds is 2. The first-order valence-corrected chi connectivity index (χ1v) is 7.90. The van der Waals surface area contributed by atoms with E-state index in [0.29, 0.717) is 31.6 Å². The minimum atomic E-state index is -0.381. The van der Waals surface area contributed by atoms with Gasteiger partial charge in [0.15, 0.2) is 0 Å². The minimum absolute atomic E-state index is 0.154. The molecule has 3 rings (SSSR count). The zero-order valence-corrected chi connectivity index (χ0v) is 13.1. The molecule has 21 heavy (non-hydrogen) atoms. The van der Waals surface area contributed by atoms with Crippen molar-refractivity contribution in [2.75, 3.05) is 18.0 Å². The van der Waals surface area contributed by atoms with Crippen LogP contribution in [0.2, 0.25) is 0 Å². The van der Waals surface area contributed by atoms with Gasteiger partial charge in [-0.3, -0.25) is 14.5 Å². The Labute approximate surface area is 131 Å². The standard InChI is InChI=1S/C15H17BrN2O3/c16-10-1-3-11(4-2-10)18-14(20)9-13(15(18)21)17-7-5-12(19)6-8-17/h1-4,12-13,19H,5-9H2/t13-/m0/s1. The lowest BCUT2D eigenvalue weighted by Crippen LogP contribution is -2.46. The second-order valence-corrected chi connectivity index (χ2v) is 6.45. The van der Waals surface area contributed by atoms with Crippen LogP contribution in [-0.4, -0.2) is 47.1 Å². The van der Waals surface area contributed by atoms with Gasteiger partial charge in [-0.2, -0.15) is 0 Å². The first-order valence-electron chi connectivity index (χ1n) is 7.11. The molecule has 0 unspecified atom stereocenters. The number of aliphatic hydroxyl groups excluding tert-OH is 1. The Balaban J connectivity index is 1.77. The molecule has 2 fully saturated rings. The van der Waals surface area contributed by atoms with Crippen molar-refractivity contribution in [1.29, 1.82) is 0 Å². The molecule has 0 bridgehead atoms. The normalized spacial score (nSPS) is 24.9. The molecule has 1 aromatic rings. The van der Waals surface area contributed by atoms with Crippen molar-refractivity contribution in [3.63, 3.8) is 0 Å². The summed E-state index contributed by atoms with van der Waals surface area (Å²) in [5.41, 5.74) is 0.618. The fourth-order valence-electron chi connectivity index (χ4n) is 2.96. The highest BCUT2D eigenvalue weighted by atomic mass is 79.9. The maximum absolute atomic E-state index is 12.6. The second kappa shape index (κ2) is 5.87. The fourth-order valence-corrected chi connectivity index (χ4v) is 3.22. The lowest BCUT2D eigenvalue weighted by molar-refractivity contribution is -0.123. The molecule has 1 aromatic carbocycles. The molecule has 6 heteroatoms. The van der Waals surface area contributed by atoms with Gasteiger partial charge in [-0.25, -0.2) is 4.90 Å². The molecule has 2 saturated heterocycles. The molecule has 2 heterocycles. The Bertz CT molecular complexity index is 553. The van der Waals surface area contributed by atoms with E-state index in [-0.39, 0.29) is 30.4 Å². The predicted octanol–water partition coefficient (Wildman–Crippen LogP) is 1.54. The summed E-state index contributed by atoms with van der Waals surface area (Å²) < 4.78 is 0.909. The van der Waals surface area contributed by atoms with Gasteiger partial charge in [-0.05, 0) is 37.1 Å². The van der Waals surface area contributed by atoms with E-state index in [1.54, 1.807) is 12.1 Å². The number of hydrogen-bond acceptors (Lipinski definition) is 4. The lowest BCUT2D eigenvalue weighted by atomic mass is 10.1. The van der Waals surface area contributed by atoms with Gasteiger partial charge in [0.25, 0.3) is 5.91 Å². The third-order valence-corrected chi connectivity index (χ3v) is 4.68. The molecule has 2 amide bonds. The Morgan fingerprint density at radius 1 is 1.10 bits per heavy atom. The summed E-state index contributed by atoms with van der Waals surface area (Å²) >= 11 is 3.34. The van der Waals surface area contributed by atoms with Gasteiger partial charge in [0.2, 0.25) is 5.91 Å². The number of benzene rings is 1. The molecule has 5 nitrogen and oxygen atoms in total. The molecule has 112 valence electrons. The van der Waals surface area contributed by atoms with Crippen LogP contribution in [0.15, 0.2) is 28.7 Å². The lowest BCUT2D eigenvalue weighted by Gasteiger charge is -2.32. The zero-order chi connectivity index (χ0) is 15.0. The van der Waals surface area contributed by atoms with Crippen LogP contribution in [0.25, 0.3) is 0 Å². The van der Waals surface area contributed by atoms with E-state index in [0.717, 1.165) is 4.47 Å². The molecular formula is C15H17BrN2O3. The first kappa shape index (κ1) is 14.7. The van der Waals surface area contributed by atoms with Crippen molar-refractivity contribution < 1.29 is 14.7 Å². The number of aliphatic hydroxyl groups is 1. The summed E-state index contributed by atoms with van der Waals surface area (Å²) in [6.45, 7) is 1.33. The number of amides is 2. The van der Waals surface area contributed by atoms with Gasteiger partial charge >= 0.3 is 0 Å². The van der Waals surface area contributed by atoms with Crippen LogP contribution in [0.3, 0.4) is 0 Å². The average molecular weight is 353 g/mol. The van der Waals surface area contributed by atoms with Crippen molar-refractivity contribution in [3.05, 3.63) is 28.7 Å². The molecule has 0 saturated carbocycles.